The first-order chi connectivity index (χ1) is 16.4. The Hall–Kier alpha value is -3.83. The molecule has 1 aliphatic heterocycles. The molecule has 3 aromatic heterocycles. The lowest BCUT2D eigenvalue weighted by atomic mass is 10.1. The Balaban J connectivity index is 1.33. The number of hydrogen-bond acceptors (Lipinski definition) is 9. The summed E-state index contributed by atoms with van der Waals surface area (Å²) in [5, 5.41) is 8.71. The normalized spacial score (nSPS) is 14.8. The molecular formula is C22H23F2N7O3. The van der Waals surface area contributed by atoms with Gasteiger partial charge in [-0.3, -0.25) is 0 Å². The summed E-state index contributed by atoms with van der Waals surface area (Å²) in [6.07, 6.45) is 4.14. The minimum Gasteiger partial charge on any atom is -0.494 e. The summed E-state index contributed by atoms with van der Waals surface area (Å²) in [6.45, 7) is 5.40. The van der Waals surface area contributed by atoms with Crippen molar-refractivity contribution in [1.29, 1.82) is 0 Å². The highest BCUT2D eigenvalue weighted by Crippen LogP contribution is 2.30. The van der Waals surface area contributed by atoms with Crippen LogP contribution < -0.4 is 14.4 Å². The van der Waals surface area contributed by atoms with Gasteiger partial charge in [-0.2, -0.15) is 10.1 Å². The van der Waals surface area contributed by atoms with Crippen LogP contribution in [0, 0.1) is 11.6 Å². The molecule has 0 aliphatic carbocycles. The molecule has 0 N–H and O–H groups in total. The molecule has 1 saturated heterocycles. The van der Waals surface area contributed by atoms with E-state index in [1.54, 1.807) is 0 Å². The van der Waals surface area contributed by atoms with E-state index in [1.165, 1.54) is 24.3 Å². The minimum absolute atomic E-state index is 0.0911. The van der Waals surface area contributed by atoms with Gasteiger partial charge in [0.1, 0.15) is 23.5 Å². The number of fused-ring (bicyclic) bond motifs is 1. The van der Waals surface area contributed by atoms with Crippen LogP contribution in [0.4, 0.5) is 14.8 Å². The lowest BCUT2D eigenvalue weighted by molar-refractivity contribution is 0.164. The molecule has 0 atom stereocenters. The monoisotopic (exact) mass is 471 g/mol. The number of nitrogens with zero attached hydrogens (tertiary/aromatic N) is 7. The van der Waals surface area contributed by atoms with Gasteiger partial charge in [0.05, 0.1) is 13.3 Å². The van der Waals surface area contributed by atoms with Gasteiger partial charge in [0.15, 0.2) is 28.9 Å². The van der Waals surface area contributed by atoms with Crippen molar-refractivity contribution < 1.29 is 22.8 Å². The Morgan fingerprint density at radius 3 is 2.62 bits per heavy atom. The molecule has 1 aromatic carbocycles. The average molecular weight is 471 g/mol. The topological polar surface area (TPSA) is 104 Å². The molecule has 1 fully saturated rings. The first-order valence-electron chi connectivity index (χ1n) is 10.9. The van der Waals surface area contributed by atoms with Crippen LogP contribution in [-0.4, -0.2) is 56.2 Å². The standard InChI is InChI=1S/C22H23F2N7O3/c1-12(2)19-28-22(34-29-19)30-6-4-13(5-7-30)33-21-14-10-27-31(20(14)25-11-26-21)17-8-16(24)18(32-3)9-15(17)23/h8-13H,4-7H2,1-3H3. The molecule has 0 radical (unpaired) electrons. The summed E-state index contributed by atoms with van der Waals surface area (Å²) in [6, 6.07) is 2.50. The Morgan fingerprint density at radius 1 is 1.12 bits per heavy atom. The summed E-state index contributed by atoms with van der Waals surface area (Å²) in [4.78, 5) is 14.9. The number of rotatable bonds is 6. The predicted molar refractivity (Wildman–Crippen MR) is 117 cm³/mol. The number of ether oxygens (including phenoxy) is 2. The number of aromatic nitrogens is 6. The minimum atomic E-state index is -0.707. The largest absolute Gasteiger partial charge is 0.494 e. The van der Waals surface area contributed by atoms with E-state index < -0.39 is 11.6 Å². The second kappa shape index (κ2) is 8.84. The highest BCUT2D eigenvalue weighted by atomic mass is 19.1. The molecule has 12 heteroatoms. The Labute approximate surface area is 193 Å². The zero-order valence-corrected chi connectivity index (χ0v) is 18.9. The first kappa shape index (κ1) is 22.0. The number of benzene rings is 1. The Morgan fingerprint density at radius 2 is 1.91 bits per heavy atom. The number of piperidine rings is 1. The van der Waals surface area contributed by atoms with Crippen molar-refractivity contribution in [2.45, 2.75) is 38.7 Å². The van der Waals surface area contributed by atoms with E-state index in [2.05, 4.69) is 25.2 Å². The fraction of sp³-hybridized carbons (Fsp3) is 0.409. The Bertz CT molecular complexity index is 1320. The lowest BCUT2D eigenvalue weighted by Gasteiger charge is -2.30. The van der Waals surface area contributed by atoms with Crippen molar-refractivity contribution in [3.8, 4) is 17.3 Å². The molecular weight excluding hydrogens is 448 g/mol. The van der Waals surface area contributed by atoms with Gasteiger partial charge in [0.25, 0.3) is 0 Å². The molecule has 10 nitrogen and oxygen atoms in total. The lowest BCUT2D eigenvalue weighted by Crippen LogP contribution is -2.38. The van der Waals surface area contributed by atoms with Gasteiger partial charge in [-0.25, -0.2) is 23.4 Å². The van der Waals surface area contributed by atoms with Crippen LogP contribution in [0.2, 0.25) is 0 Å². The summed E-state index contributed by atoms with van der Waals surface area (Å²) >= 11 is 0. The van der Waals surface area contributed by atoms with Crippen molar-refractivity contribution in [3.05, 3.63) is 42.1 Å². The maximum absolute atomic E-state index is 14.6. The van der Waals surface area contributed by atoms with E-state index in [4.69, 9.17) is 14.0 Å². The molecule has 178 valence electrons. The molecule has 5 rings (SSSR count). The number of methoxy groups -OCH3 is 1. The van der Waals surface area contributed by atoms with E-state index in [-0.39, 0.29) is 23.5 Å². The maximum atomic E-state index is 14.6. The average Bonchev–Trinajstić information content (AvgIpc) is 3.49. The van der Waals surface area contributed by atoms with Crippen molar-refractivity contribution in [1.82, 2.24) is 29.9 Å². The van der Waals surface area contributed by atoms with Crippen LogP contribution in [0.15, 0.2) is 29.2 Å². The molecule has 34 heavy (non-hydrogen) atoms. The zero-order valence-electron chi connectivity index (χ0n) is 18.9. The summed E-state index contributed by atoms with van der Waals surface area (Å²) in [7, 11) is 1.27. The maximum Gasteiger partial charge on any atom is 0.324 e. The molecule has 0 bridgehead atoms. The number of hydrogen-bond donors (Lipinski definition) is 0. The fourth-order valence-electron chi connectivity index (χ4n) is 3.84. The van der Waals surface area contributed by atoms with E-state index in [0.717, 1.165) is 25.0 Å². The molecule has 0 unspecified atom stereocenters. The molecule has 4 aromatic rings. The molecule has 0 amide bonds. The van der Waals surface area contributed by atoms with E-state index in [1.807, 2.05) is 18.7 Å². The van der Waals surface area contributed by atoms with Crippen LogP contribution in [0.5, 0.6) is 11.6 Å². The van der Waals surface area contributed by atoms with Gasteiger partial charge in [0, 0.05) is 44.0 Å². The third-order valence-corrected chi connectivity index (χ3v) is 5.72. The van der Waals surface area contributed by atoms with Crippen LogP contribution in [0.25, 0.3) is 16.7 Å². The van der Waals surface area contributed by atoms with Crippen LogP contribution in [0.3, 0.4) is 0 Å². The SMILES string of the molecule is COc1cc(F)c(-n2ncc3c(OC4CCN(c5nc(C(C)C)no5)CC4)ncnc32)cc1F. The summed E-state index contributed by atoms with van der Waals surface area (Å²) < 4.78 is 46.4. The van der Waals surface area contributed by atoms with Gasteiger partial charge in [0.2, 0.25) is 5.88 Å². The number of halogens is 2. The van der Waals surface area contributed by atoms with Crippen molar-refractivity contribution >= 4 is 17.0 Å². The third kappa shape index (κ3) is 3.99. The van der Waals surface area contributed by atoms with Gasteiger partial charge in [-0.1, -0.05) is 19.0 Å². The quantitative estimate of drug-likeness (QED) is 0.417. The van der Waals surface area contributed by atoms with E-state index in [9.17, 15) is 8.78 Å². The van der Waals surface area contributed by atoms with Crippen molar-refractivity contribution in [2.24, 2.45) is 0 Å². The second-order valence-corrected chi connectivity index (χ2v) is 8.30. The van der Waals surface area contributed by atoms with Gasteiger partial charge >= 0.3 is 6.01 Å². The van der Waals surface area contributed by atoms with Gasteiger partial charge < -0.3 is 18.9 Å². The summed E-state index contributed by atoms with van der Waals surface area (Å²) in [5.41, 5.74) is 0.213. The highest BCUT2D eigenvalue weighted by Gasteiger charge is 2.26. The smallest absolute Gasteiger partial charge is 0.324 e. The molecule has 1 aliphatic rings. The van der Waals surface area contributed by atoms with E-state index in [0.29, 0.717) is 41.8 Å². The van der Waals surface area contributed by atoms with Gasteiger partial charge in [-0.15, -0.1) is 0 Å². The first-order valence-corrected chi connectivity index (χ1v) is 10.9. The predicted octanol–water partition coefficient (Wildman–Crippen LogP) is 3.66. The van der Waals surface area contributed by atoms with Crippen LogP contribution in [0.1, 0.15) is 38.4 Å². The highest BCUT2D eigenvalue weighted by molar-refractivity contribution is 5.81. The molecule has 0 spiro atoms. The van der Waals surface area contributed by atoms with Crippen LogP contribution >= 0.6 is 0 Å². The zero-order chi connectivity index (χ0) is 23.8. The molecule has 4 heterocycles. The molecule has 0 saturated carbocycles. The fourth-order valence-corrected chi connectivity index (χ4v) is 3.84. The van der Waals surface area contributed by atoms with Crippen molar-refractivity contribution in [3.63, 3.8) is 0 Å². The third-order valence-electron chi connectivity index (χ3n) is 5.72. The van der Waals surface area contributed by atoms with Crippen LogP contribution in [-0.2, 0) is 0 Å². The summed E-state index contributed by atoms with van der Waals surface area (Å²) in [5.74, 6) is -0.378. The van der Waals surface area contributed by atoms with Crippen molar-refractivity contribution in [2.75, 3.05) is 25.1 Å². The number of anilines is 1. The van der Waals surface area contributed by atoms with Gasteiger partial charge in [-0.05, 0) is 0 Å². The second-order valence-electron chi connectivity index (χ2n) is 8.30. The van der Waals surface area contributed by atoms with E-state index >= 15 is 0 Å². The Kier molecular flexibility index (Phi) is 5.72.